The summed E-state index contributed by atoms with van der Waals surface area (Å²) < 4.78 is 10.3. The Labute approximate surface area is 99.3 Å². The molecule has 1 aliphatic rings. The minimum absolute atomic E-state index is 0.666. The van der Waals surface area contributed by atoms with Gasteiger partial charge in [0.25, 0.3) is 0 Å². The van der Waals surface area contributed by atoms with Crippen molar-refractivity contribution in [1.82, 2.24) is 10.2 Å². The monoisotopic (exact) mass is 230 g/mol. The summed E-state index contributed by atoms with van der Waals surface area (Å²) >= 11 is 0. The van der Waals surface area contributed by atoms with Gasteiger partial charge in [0.1, 0.15) is 0 Å². The van der Waals surface area contributed by atoms with Gasteiger partial charge in [0.05, 0.1) is 13.2 Å². The van der Waals surface area contributed by atoms with Crippen LogP contribution in [-0.4, -0.2) is 64.1 Å². The fraction of sp³-hybridized carbons (Fsp3) is 1.00. The van der Waals surface area contributed by atoms with Crippen molar-refractivity contribution in [2.45, 2.75) is 31.8 Å². The van der Waals surface area contributed by atoms with Crippen molar-refractivity contribution in [1.29, 1.82) is 0 Å². The summed E-state index contributed by atoms with van der Waals surface area (Å²) in [6, 6.07) is 1.38. The van der Waals surface area contributed by atoms with Gasteiger partial charge in [-0.15, -0.1) is 0 Å². The molecule has 0 aromatic rings. The van der Waals surface area contributed by atoms with E-state index in [1.165, 1.54) is 13.0 Å². The van der Waals surface area contributed by atoms with Gasteiger partial charge in [-0.3, -0.25) is 0 Å². The van der Waals surface area contributed by atoms with Crippen LogP contribution in [-0.2, 0) is 9.47 Å². The van der Waals surface area contributed by atoms with Crippen LogP contribution in [0.3, 0.4) is 0 Å². The second-order valence-corrected chi connectivity index (χ2v) is 4.63. The molecule has 16 heavy (non-hydrogen) atoms. The molecule has 4 nitrogen and oxygen atoms in total. The molecule has 0 spiro atoms. The van der Waals surface area contributed by atoms with E-state index in [1.807, 2.05) is 0 Å². The summed E-state index contributed by atoms with van der Waals surface area (Å²) in [5.41, 5.74) is 0. The molecule has 1 heterocycles. The molecule has 0 aromatic heterocycles. The van der Waals surface area contributed by atoms with Gasteiger partial charge in [-0.2, -0.15) is 0 Å². The maximum atomic E-state index is 5.41. The second kappa shape index (κ2) is 8.01. The second-order valence-electron chi connectivity index (χ2n) is 4.63. The van der Waals surface area contributed by atoms with Crippen LogP contribution in [0.4, 0.5) is 0 Å². The molecule has 0 saturated carbocycles. The van der Waals surface area contributed by atoms with Crippen molar-refractivity contribution < 1.29 is 9.47 Å². The van der Waals surface area contributed by atoms with Gasteiger partial charge in [0.2, 0.25) is 0 Å². The first kappa shape index (κ1) is 13.9. The number of nitrogens with zero attached hydrogens (tertiary/aromatic N) is 1. The predicted octanol–water partition coefficient (Wildman–Crippen LogP) is 0.722. The first-order valence-electron chi connectivity index (χ1n) is 6.24. The predicted molar refractivity (Wildman–Crippen MR) is 65.8 cm³/mol. The zero-order valence-corrected chi connectivity index (χ0v) is 10.9. The molecule has 0 amide bonds. The van der Waals surface area contributed by atoms with Crippen molar-refractivity contribution in [3.8, 4) is 0 Å². The maximum Gasteiger partial charge on any atom is 0.0700 e. The highest BCUT2D eigenvalue weighted by molar-refractivity contribution is 4.84. The number of ether oxygens (including phenoxy) is 2. The molecule has 0 bridgehead atoms. The van der Waals surface area contributed by atoms with Crippen LogP contribution >= 0.6 is 0 Å². The molecule has 1 fully saturated rings. The molecule has 1 aliphatic heterocycles. The van der Waals surface area contributed by atoms with Crippen molar-refractivity contribution in [2.75, 3.05) is 47.1 Å². The molecule has 2 unspecified atom stereocenters. The minimum Gasteiger partial charge on any atom is -0.382 e. The SMILES string of the molecule is COCCOCCCNC1CC(C)N(C)C1. The van der Waals surface area contributed by atoms with Crippen LogP contribution in [0, 0.1) is 0 Å². The van der Waals surface area contributed by atoms with Crippen molar-refractivity contribution in [2.24, 2.45) is 0 Å². The number of rotatable bonds is 8. The summed E-state index contributed by atoms with van der Waals surface area (Å²) in [5, 5.41) is 3.58. The Balaban J connectivity index is 1.88. The molecule has 0 aromatic carbocycles. The molecular formula is C12H26N2O2. The van der Waals surface area contributed by atoms with E-state index in [0.717, 1.165) is 25.6 Å². The Morgan fingerprint density at radius 3 is 2.75 bits per heavy atom. The molecule has 2 atom stereocenters. The lowest BCUT2D eigenvalue weighted by Gasteiger charge is -2.13. The van der Waals surface area contributed by atoms with Gasteiger partial charge in [0.15, 0.2) is 0 Å². The molecule has 1 rings (SSSR count). The molecular weight excluding hydrogens is 204 g/mol. The fourth-order valence-electron chi connectivity index (χ4n) is 2.07. The fourth-order valence-corrected chi connectivity index (χ4v) is 2.07. The first-order valence-corrected chi connectivity index (χ1v) is 6.24. The Bertz CT molecular complexity index is 168. The lowest BCUT2D eigenvalue weighted by Crippen LogP contribution is -2.32. The average Bonchev–Trinajstić information content (AvgIpc) is 2.57. The lowest BCUT2D eigenvalue weighted by atomic mass is 10.2. The van der Waals surface area contributed by atoms with Crippen molar-refractivity contribution in [3.05, 3.63) is 0 Å². The van der Waals surface area contributed by atoms with Gasteiger partial charge >= 0.3 is 0 Å². The Kier molecular flexibility index (Phi) is 6.96. The highest BCUT2D eigenvalue weighted by Gasteiger charge is 2.24. The number of likely N-dealkylation sites (N-methyl/N-ethyl adjacent to an activating group) is 1. The zero-order chi connectivity index (χ0) is 11.8. The maximum absolute atomic E-state index is 5.41. The molecule has 1 N–H and O–H groups in total. The quantitative estimate of drug-likeness (QED) is 0.623. The largest absolute Gasteiger partial charge is 0.382 e. The lowest BCUT2D eigenvalue weighted by molar-refractivity contribution is 0.0693. The molecule has 96 valence electrons. The highest BCUT2D eigenvalue weighted by atomic mass is 16.5. The van der Waals surface area contributed by atoms with E-state index in [1.54, 1.807) is 7.11 Å². The number of nitrogens with one attached hydrogen (secondary N) is 1. The Hall–Kier alpha value is -0.160. The van der Waals surface area contributed by atoms with Crippen molar-refractivity contribution >= 4 is 0 Å². The minimum atomic E-state index is 0.666. The Morgan fingerprint density at radius 1 is 1.31 bits per heavy atom. The normalized spacial score (nSPS) is 26.4. The highest BCUT2D eigenvalue weighted by Crippen LogP contribution is 2.14. The van der Waals surface area contributed by atoms with Crippen LogP contribution < -0.4 is 5.32 Å². The van der Waals surface area contributed by atoms with E-state index in [-0.39, 0.29) is 0 Å². The van der Waals surface area contributed by atoms with Crippen LogP contribution in [0.25, 0.3) is 0 Å². The summed E-state index contributed by atoms with van der Waals surface area (Å²) in [5.74, 6) is 0. The van der Waals surface area contributed by atoms with Gasteiger partial charge in [-0.1, -0.05) is 0 Å². The van der Waals surface area contributed by atoms with Crippen LogP contribution in [0.5, 0.6) is 0 Å². The third kappa shape index (κ3) is 5.25. The number of likely N-dealkylation sites (tertiary alicyclic amines) is 1. The van der Waals surface area contributed by atoms with Gasteiger partial charge in [-0.05, 0) is 33.4 Å². The van der Waals surface area contributed by atoms with Crippen LogP contribution in [0.2, 0.25) is 0 Å². The zero-order valence-electron chi connectivity index (χ0n) is 10.9. The summed E-state index contributed by atoms with van der Waals surface area (Å²) in [4.78, 5) is 2.41. The number of hydrogen-bond donors (Lipinski definition) is 1. The molecule has 1 saturated heterocycles. The van der Waals surface area contributed by atoms with Crippen molar-refractivity contribution in [3.63, 3.8) is 0 Å². The summed E-state index contributed by atoms with van der Waals surface area (Å²) in [7, 11) is 3.89. The summed E-state index contributed by atoms with van der Waals surface area (Å²) in [6.07, 6.45) is 2.35. The average molecular weight is 230 g/mol. The third-order valence-electron chi connectivity index (χ3n) is 3.22. The van der Waals surface area contributed by atoms with E-state index in [0.29, 0.717) is 19.3 Å². The van der Waals surface area contributed by atoms with E-state index in [9.17, 15) is 0 Å². The standard InChI is InChI=1S/C12H26N2O2/c1-11-9-12(10-14(11)2)13-5-4-6-16-8-7-15-3/h11-13H,4-10H2,1-3H3. The molecule has 0 aliphatic carbocycles. The molecule has 4 heteroatoms. The van der Waals surface area contributed by atoms with E-state index < -0.39 is 0 Å². The Morgan fingerprint density at radius 2 is 2.12 bits per heavy atom. The van der Waals surface area contributed by atoms with Crippen LogP contribution in [0.1, 0.15) is 19.8 Å². The third-order valence-corrected chi connectivity index (χ3v) is 3.22. The van der Waals surface area contributed by atoms with E-state index in [4.69, 9.17) is 9.47 Å². The van der Waals surface area contributed by atoms with Crippen LogP contribution in [0.15, 0.2) is 0 Å². The molecule has 0 radical (unpaired) electrons. The summed E-state index contributed by atoms with van der Waals surface area (Å²) in [6.45, 7) is 6.74. The van der Waals surface area contributed by atoms with E-state index >= 15 is 0 Å². The van der Waals surface area contributed by atoms with Gasteiger partial charge in [-0.25, -0.2) is 0 Å². The van der Waals surface area contributed by atoms with Gasteiger partial charge in [0, 0.05) is 32.3 Å². The topological polar surface area (TPSA) is 33.7 Å². The van der Waals surface area contributed by atoms with E-state index in [2.05, 4.69) is 24.2 Å². The van der Waals surface area contributed by atoms with Gasteiger partial charge < -0.3 is 19.7 Å². The number of methoxy groups -OCH3 is 1. The first-order chi connectivity index (χ1) is 7.74. The smallest absolute Gasteiger partial charge is 0.0700 e. The number of hydrogen-bond acceptors (Lipinski definition) is 4.